The van der Waals surface area contributed by atoms with Crippen LogP contribution in [-0.2, 0) is 6.73 Å². The number of nitrogens with zero attached hydrogens (tertiary/aromatic N) is 2. The maximum absolute atomic E-state index is 10.5. The second-order valence-electron chi connectivity index (χ2n) is 4.51. The van der Waals surface area contributed by atoms with E-state index in [1.54, 1.807) is 24.3 Å². The Morgan fingerprint density at radius 3 is 2.35 bits per heavy atom. The van der Waals surface area contributed by atoms with Crippen LogP contribution in [0.2, 0.25) is 0 Å². The number of hydrogen-bond acceptors (Lipinski definition) is 6. The van der Waals surface area contributed by atoms with Gasteiger partial charge in [0.25, 0.3) is 6.73 Å². The molecule has 0 amide bonds. The van der Waals surface area contributed by atoms with Gasteiger partial charge in [-0.2, -0.15) is 0 Å². The topological polar surface area (TPSA) is 88.5 Å². The average molecular weight is 312 g/mol. The number of carboxylic acids is 1. The predicted molar refractivity (Wildman–Crippen MR) is 74.6 cm³/mol. The molecule has 0 saturated heterocycles. The molecule has 1 aromatic heterocycles. The molecule has 0 aliphatic carbocycles. The first-order valence-electron chi connectivity index (χ1n) is 6.73. The summed E-state index contributed by atoms with van der Waals surface area (Å²) in [6.07, 6.45) is 1.21. The van der Waals surface area contributed by atoms with Crippen molar-refractivity contribution >= 4 is 5.97 Å². The molecular formula is C16H12N2O5. The molecule has 0 atom stereocenters. The summed E-state index contributed by atoms with van der Waals surface area (Å²) in [5.41, 5.74) is 0. The van der Waals surface area contributed by atoms with E-state index >= 15 is 0 Å². The lowest BCUT2D eigenvalue weighted by Crippen LogP contribution is -2.34. The first kappa shape index (κ1) is 14.6. The summed E-state index contributed by atoms with van der Waals surface area (Å²) in [5, 5.41) is 10.5. The highest BCUT2D eigenvalue weighted by Gasteiger charge is 2.13. The van der Waals surface area contributed by atoms with Crippen molar-refractivity contribution in [3.63, 3.8) is 0 Å². The van der Waals surface area contributed by atoms with E-state index in [0.29, 0.717) is 11.5 Å². The summed E-state index contributed by atoms with van der Waals surface area (Å²) in [6, 6.07) is 16.4. The molecule has 3 rings (SSSR count). The highest BCUT2D eigenvalue weighted by atomic mass is 16.6. The lowest BCUT2D eigenvalue weighted by atomic mass is 10.3. The van der Waals surface area contributed by atoms with E-state index in [0.717, 1.165) is 10.5 Å². The molecule has 0 spiro atoms. The molecule has 0 aliphatic rings. The maximum atomic E-state index is 10.5. The lowest BCUT2D eigenvalue weighted by Gasteiger charge is -2.06. The average Bonchev–Trinajstić information content (AvgIpc) is 3.04. The molecule has 7 nitrogen and oxygen atoms in total. The molecule has 0 unspecified atom stereocenters. The monoisotopic (exact) mass is 312 g/mol. The molecule has 0 saturated carbocycles. The van der Waals surface area contributed by atoms with Crippen LogP contribution in [0.15, 0.2) is 65.4 Å². The van der Waals surface area contributed by atoms with Crippen molar-refractivity contribution in [1.29, 1.82) is 0 Å². The molecule has 0 bridgehead atoms. The second kappa shape index (κ2) is 6.61. The molecule has 1 heterocycles. The maximum Gasteiger partial charge on any atom is 0.399 e. The SMILES string of the molecule is O=C([O-])c1nc[n+](COc2ccc(Oc3ccccc3)cc2)o1. The minimum Gasteiger partial charge on any atom is -0.538 e. The number of carbonyl (C=O) groups excluding carboxylic acids is 1. The molecular weight excluding hydrogens is 300 g/mol. The number of rotatable bonds is 6. The fourth-order valence-electron chi connectivity index (χ4n) is 1.79. The van der Waals surface area contributed by atoms with E-state index < -0.39 is 11.9 Å². The number of aromatic nitrogens is 2. The largest absolute Gasteiger partial charge is 0.538 e. The molecule has 0 aliphatic heterocycles. The van der Waals surface area contributed by atoms with Gasteiger partial charge in [-0.05, 0) is 41.1 Å². The van der Waals surface area contributed by atoms with Crippen LogP contribution in [-0.4, -0.2) is 11.0 Å². The van der Waals surface area contributed by atoms with Gasteiger partial charge in [0.15, 0.2) is 5.97 Å². The lowest BCUT2D eigenvalue weighted by molar-refractivity contribution is -0.883. The van der Waals surface area contributed by atoms with Crippen molar-refractivity contribution in [2.75, 3.05) is 0 Å². The van der Waals surface area contributed by atoms with Gasteiger partial charge in [-0.1, -0.05) is 18.2 Å². The van der Waals surface area contributed by atoms with Crippen LogP contribution in [0.4, 0.5) is 0 Å². The zero-order valence-electron chi connectivity index (χ0n) is 11.9. The normalized spacial score (nSPS) is 10.3. The fourth-order valence-corrected chi connectivity index (χ4v) is 1.79. The van der Waals surface area contributed by atoms with Crippen LogP contribution >= 0.6 is 0 Å². The Balaban J connectivity index is 1.57. The minimum atomic E-state index is -1.48. The Bertz CT molecular complexity index is 784. The van der Waals surface area contributed by atoms with Crippen molar-refractivity contribution in [2.24, 2.45) is 0 Å². The van der Waals surface area contributed by atoms with Crippen molar-refractivity contribution in [3.8, 4) is 17.2 Å². The van der Waals surface area contributed by atoms with Gasteiger partial charge in [0, 0.05) is 4.98 Å². The molecule has 7 heteroatoms. The molecule has 0 fully saturated rings. The van der Waals surface area contributed by atoms with Crippen LogP contribution in [0, 0.1) is 0 Å². The molecule has 116 valence electrons. The van der Waals surface area contributed by atoms with Crippen LogP contribution in [0.1, 0.15) is 10.7 Å². The van der Waals surface area contributed by atoms with Crippen molar-refractivity contribution in [3.05, 3.63) is 66.8 Å². The number of hydrogen-bond donors (Lipinski definition) is 0. The summed E-state index contributed by atoms with van der Waals surface area (Å²) in [7, 11) is 0. The van der Waals surface area contributed by atoms with E-state index in [4.69, 9.17) is 14.0 Å². The van der Waals surface area contributed by atoms with Gasteiger partial charge in [0.2, 0.25) is 0 Å². The third kappa shape index (κ3) is 3.85. The van der Waals surface area contributed by atoms with E-state index in [1.165, 1.54) is 6.33 Å². The van der Waals surface area contributed by atoms with Gasteiger partial charge in [-0.25, -0.2) is 4.52 Å². The number of ether oxygens (including phenoxy) is 2. The summed E-state index contributed by atoms with van der Waals surface area (Å²) in [4.78, 5) is 14.1. The Hall–Kier alpha value is -3.35. The number of aromatic carboxylic acids is 1. The van der Waals surface area contributed by atoms with Crippen LogP contribution in [0.5, 0.6) is 17.2 Å². The number of carboxylic acid groups (broad SMARTS) is 1. The molecule has 0 N–H and O–H groups in total. The van der Waals surface area contributed by atoms with Gasteiger partial charge < -0.3 is 19.4 Å². The Labute approximate surface area is 131 Å². The van der Waals surface area contributed by atoms with E-state index in [9.17, 15) is 9.90 Å². The Morgan fingerprint density at radius 1 is 1.04 bits per heavy atom. The summed E-state index contributed by atoms with van der Waals surface area (Å²) < 4.78 is 17.1. The van der Waals surface area contributed by atoms with Crippen molar-refractivity contribution in [2.45, 2.75) is 6.73 Å². The Morgan fingerprint density at radius 2 is 1.70 bits per heavy atom. The third-order valence-electron chi connectivity index (χ3n) is 2.84. The Kier molecular flexibility index (Phi) is 4.19. The van der Waals surface area contributed by atoms with Gasteiger partial charge in [0.05, 0.1) is 0 Å². The van der Waals surface area contributed by atoms with E-state index in [1.807, 2.05) is 30.3 Å². The summed E-state index contributed by atoms with van der Waals surface area (Å²) >= 11 is 0. The quantitative estimate of drug-likeness (QED) is 0.635. The standard InChI is InChI=1S/C16H12N2O5/c19-16(20)15-17-10-18(23-15)11-21-12-6-8-14(9-7-12)22-13-4-2-1-3-5-13/h1-10H,11H2. The van der Waals surface area contributed by atoms with Crippen molar-refractivity contribution in [1.82, 2.24) is 4.98 Å². The van der Waals surface area contributed by atoms with Gasteiger partial charge in [0.1, 0.15) is 17.2 Å². The number of carbonyl (C=O) groups is 1. The van der Waals surface area contributed by atoms with Crippen LogP contribution in [0.25, 0.3) is 0 Å². The van der Waals surface area contributed by atoms with E-state index in [-0.39, 0.29) is 6.73 Å². The minimum absolute atomic E-state index is 0.0147. The zero-order valence-corrected chi connectivity index (χ0v) is 11.9. The predicted octanol–water partition coefficient (Wildman–Crippen LogP) is 1.15. The third-order valence-corrected chi connectivity index (χ3v) is 2.84. The van der Waals surface area contributed by atoms with Crippen LogP contribution in [0.3, 0.4) is 0 Å². The second-order valence-corrected chi connectivity index (χ2v) is 4.51. The van der Waals surface area contributed by atoms with Gasteiger partial charge in [-0.15, -0.1) is 0 Å². The molecule has 23 heavy (non-hydrogen) atoms. The highest BCUT2D eigenvalue weighted by Crippen LogP contribution is 2.23. The first-order chi connectivity index (χ1) is 11.2. The van der Waals surface area contributed by atoms with Crippen molar-refractivity contribution < 1.29 is 28.6 Å². The first-order valence-corrected chi connectivity index (χ1v) is 6.73. The van der Waals surface area contributed by atoms with Gasteiger partial charge >= 0.3 is 12.2 Å². The smallest absolute Gasteiger partial charge is 0.399 e. The zero-order chi connectivity index (χ0) is 16.1. The summed E-state index contributed by atoms with van der Waals surface area (Å²) in [6.45, 7) is -0.0147. The fraction of sp³-hybridized carbons (Fsp3) is 0.0625. The summed E-state index contributed by atoms with van der Waals surface area (Å²) in [5.74, 6) is 0.0129. The van der Waals surface area contributed by atoms with Crippen LogP contribution < -0.4 is 19.3 Å². The molecule has 0 radical (unpaired) electrons. The molecule has 2 aromatic carbocycles. The molecule has 3 aromatic rings. The van der Waals surface area contributed by atoms with E-state index in [2.05, 4.69) is 4.98 Å². The highest BCUT2D eigenvalue weighted by molar-refractivity contribution is 5.79. The number of benzene rings is 2. The van der Waals surface area contributed by atoms with Gasteiger partial charge in [-0.3, -0.25) is 0 Å². The number of para-hydroxylation sites is 1.